The average molecular weight is 341 g/mol. The number of carbonyl (C=O) groups excluding carboxylic acids is 1. The summed E-state index contributed by atoms with van der Waals surface area (Å²) in [6, 6.07) is 13.4. The number of aromatic nitrogens is 2. The molecule has 0 spiro atoms. The van der Waals surface area contributed by atoms with Gasteiger partial charge in [0.2, 0.25) is 0 Å². The van der Waals surface area contributed by atoms with Gasteiger partial charge in [-0.2, -0.15) is 0 Å². The van der Waals surface area contributed by atoms with Gasteiger partial charge in [0.1, 0.15) is 11.5 Å². The number of carbonyl (C=O) groups is 1. The van der Waals surface area contributed by atoms with Crippen molar-refractivity contribution < 1.29 is 9.21 Å². The Morgan fingerprint density at radius 3 is 2.79 bits per heavy atom. The molecule has 6 heteroatoms. The lowest BCUT2D eigenvalue weighted by atomic mass is 10.1. The van der Waals surface area contributed by atoms with Crippen molar-refractivity contribution >= 4 is 18.1 Å². The molecule has 0 fully saturated rings. The number of imidazole rings is 1. The Morgan fingerprint density at radius 1 is 1.29 bits per heavy atom. The molecule has 124 valence electrons. The SMILES string of the molecule is CC(CCc1ccco1)NC(=O)c1c[nH]c(=S)n1-c1ccccc1. The van der Waals surface area contributed by atoms with Gasteiger partial charge in [0.15, 0.2) is 4.77 Å². The van der Waals surface area contributed by atoms with Crippen LogP contribution in [0.5, 0.6) is 0 Å². The second-order valence-electron chi connectivity index (χ2n) is 5.64. The predicted molar refractivity (Wildman–Crippen MR) is 94.9 cm³/mol. The van der Waals surface area contributed by atoms with Gasteiger partial charge in [0.25, 0.3) is 5.91 Å². The Hall–Kier alpha value is -2.60. The molecule has 1 unspecified atom stereocenters. The van der Waals surface area contributed by atoms with E-state index in [0.717, 1.165) is 24.3 Å². The van der Waals surface area contributed by atoms with Gasteiger partial charge < -0.3 is 14.7 Å². The van der Waals surface area contributed by atoms with Gasteiger partial charge in [-0.3, -0.25) is 9.36 Å². The lowest BCUT2D eigenvalue weighted by Crippen LogP contribution is -2.34. The van der Waals surface area contributed by atoms with E-state index in [9.17, 15) is 4.79 Å². The number of H-pyrrole nitrogens is 1. The number of hydrogen-bond acceptors (Lipinski definition) is 3. The Bertz CT molecular complexity index is 850. The molecule has 2 N–H and O–H groups in total. The third-order valence-electron chi connectivity index (χ3n) is 3.80. The predicted octanol–water partition coefficient (Wildman–Crippen LogP) is 3.88. The quantitative estimate of drug-likeness (QED) is 0.669. The van der Waals surface area contributed by atoms with Crippen molar-refractivity contribution in [3.63, 3.8) is 0 Å². The van der Waals surface area contributed by atoms with Crippen molar-refractivity contribution in [3.8, 4) is 5.69 Å². The first-order valence-corrected chi connectivity index (χ1v) is 8.25. The van der Waals surface area contributed by atoms with Crippen molar-refractivity contribution in [1.29, 1.82) is 0 Å². The van der Waals surface area contributed by atoms with E-state index in [-0.39, 0.29) is 11.9 Å². The molecule has 24 heavy (non-hydrogen) atoms. The summed E-state index contributed by atoms with van der Waals surface area (Å²) in [5, 5.41) is 3.01. The fourth-order valence-corrected chi connectivity index (χ4v) is 2.82. The van der Waals surface area contributed by atoms with E-state index in [2.05, 4.69) is 10.3 Å². The molecule has 0 radical (unpaired) electrons. The Labute approximate surface area is 145 Å². The Morgan fingerprint density at radius 2 is 2.08 bits per heavy atom. The maximum absolute atomic E-state index is 12.6. The molecule has 0 aliphatic rings. The third-order valence-corrected chi connectivity index (χ3v) is 4.11. The number of nitrogens with zero attached hydrogens (tertiary/aromatic N) is 1. The summed E-state index contributed by atoms with van der Waals surface area (Å²) < 4.78 is 7.55. The lowest BCUT2D eigenvalue weighted by Gasteiger charge is -2.14. The second-order valence-corrected chi connectivity index (χ2v) is 6.03. The molecular weight excluding hydrogens is 322 g/mol. The zero-order valence-corrected chi connectivity index (χ0v) is 14.2. The first kappa shape index (κ1) is 16.3. The largest absolute Gasteiger partial charge is 0.469 e. The summed E-state index contributed by atoms with van der Waals surface area (Å²) in [5.74, 6) is 0.767. The van der Waals surface area contributed by atoms with Gasteiger partial charge in [-0.25, -0.2) is 0 Å². The van der Waals surface area contributed by atoms with Gasteiger partial charge in [-0.15, -0.1) is 0 Å². The molecule has 3 rings (SSSR count). The highest BCUT2D eigenvalue weighted by Crippen LogP contribution is 2.13. The van der Waals surface area contributed by atoms with E-state index in [1.807, 2.05) is 49.4 Å². The van der Waals surface area contributed by atoms with Crippen LogP contribution >= 0.6 is 12.2 Å². The molecule has 5 nitrogen and oxygen atoms in total. The number of hydrogen-bond donors (Lipinski definition) is 2. The zero-order chi connectivity index (χ0) is 16.9. The van der Waals surface area contributed by atoms with Crippen LogP contribution < -0.4 is 5.32 Å². The lowest BCUT2D eigenvalue weighted by molar-refractivity contribution is 0.0931. The fraction of sp³-hybridized carbons (Fsp3) is 0.222. The summed E-state index contributed by atoms with van der Waals surface area (Å²) >= 11 is 5.31. The number of nitrogens with one attached hydrogen (secondary N) is 2. The Balaban J connectivity index is 1.70. The van der Waals surface area contributed by atoms with Crippen molar-refractivity contribution in [1.82, 2.24) is 14.9 Å². The van der Waals surface area contributed by atoms with Gasteiger partial charge in [0, 0.05) is 24.3 Å². The van der Waals surface area contributed by atoms with Crippen LogP contribution in [0, 0.1) is 4.77 Å². The molecule has 0 aliphatic heterocycles. The number of para-hydroxylation sites is 1. The maximum atomic E-state index is 12.6. The molecule has 2 aromatic heterocycles. The van der Waals surface area contributed by atoms with Gasteiger partial charge in [-0.1, -0.05) is 18.2 Å². The van der Waals surface area contributed by atoms with Gasteiger partial charge >= 0.3 is 0 Å². The van der Waals surface area contributed by atoms with Gasteiger partial charge in [-0.05, 0) is 49.8 Å². The minimum absolute atomic E-state index is 0.0234. The average Bonchev–Trinajstić information content (AvgIpc) is 3.23. The van der Waals surface area contributed by atoms with E-state index >= 15 is 0 Å². The van der Waals surface area contributed by atoms with Crippen LogP contribution in [-0.4, -0.2) is 21.5 Å². The van der Waals surface area contributed by atoms with E-state index < -0.39 is 0 Å². The third kappa shape index (κ3) is 3.65. The maximum Gasteiger partial charge on any atom is 0.270 e. The summed E-state index contributed by atoms with van der Waals surface area (Å²) in [6.07, 6.45) is 4.89. The number of aryl methyl sites for hydroxylation is 1. The molecule has 1 atom stereocenters. The molecule has 0 aliphatic carbocycles. The highest BCUT2D eigenvalue weighted by molar-refractivity contribution is 7.71. The van der Waals surface area contributed by atoms with Crippen LogP contribution in [-0.2, 0) is 6.42 Å². The standard InChI is InChI=1S/C18H19N3O2S/c1-13(9-10-15-8-5-11-23-15)20-17(22)16-12-19-18(24)21(16)14-6-3-2-4-7-14/h2-8,11-13H,9-10H2,1H3,(H,19,24)(H,20,22). The topological polar surface area (TPSA) is 63.0 Å². The van der Waals surface area contributed by atoms with E-state index in [1.54, 1.807) is 17.0 Å². The molecule has 3 aromatic rings. The highest BCUT2D eigenvalue weighted by atomic mass is 32.1. The zero-order valence-electron chi connectivity index (χ0n) is 13.4. The highest BCUT2D eigenvalue weighted by Gasteiger charge is 2.16. The first-order chi connectivity index (χ1) is 11.6. The number of rotatable bonds is 6. The summed E-state index contributed by atoms with van der Waals surface area (Å²) in [5.41, 5.74) is 1.35. The molecule has 0 bridgehead atoms. The second kappa shape index (κ2) is 7.31. The van der Waals surface area contributed by atoms with Crippen molar-refractivity contribution in [2.45, 2.75) is 25.8 Å². The molecule has 1 amide bonds. The normalized spacial score (nSPS) is 12.0. The molecule has 1 aromatic carbocycles. The fourth-order valence-electron chi connectivity index (χ4n) is 2.55. The van der Waals surface area contributed by atoms with Crippen molar-refractivity contribution in [2.24, 2.45) is 0 Å². The van der Waals surface area contributed by atoms with Crippen LogP contribution in [0.15, 0.2) is 59.3 Å². The monoisotopic (exact) mass is 341 g/mol. The first-order valence-electron chi connectivity index (χ1n) is 7.84. The van der Waals surface area contributed by atoms with Crippen molar-refractivity contribution in [3.05, 3.63) is 71.1 Å². The molecule has 0 saturated heterocycles. The number of benzene rings is 1. The number of furan rings is 1. The van der Waals surface area contributed by atoms with E-state index in [4.69, 9.17) is 16.6 Å². The van der Waals surface area contributed by atoms with Gasteiger partial charge in [0.05, 0.1) is 6.26 Å². The van der Waals surface area contributed by atoms with Crippen LogP contribution in [0.4, 0.5) is 0 Å². The van der Waals surface area contributed by atoms with E-state index in [0.29, 0.717) is 10.5 Å². The summed E-state index contributed by atoms with van der Waals surface area (Å²) in [6.45, 7) is 1.98. The van der Waals surface area contributed by atoms with Crippen LogP contribution in [0.25, 0.3) is 5.69 Å². The molecule has 2 heterocycles. The summed E-state index contributed by atoms with van der Waals surface area (Å²) in [4.78, 5) is 15.5. The smallest absolute Gasteiger partial charge is 0.270 e. The van der Waals surface area contributed by atoms with Crippen LogP contribution in [0.1, 0.15) is 29.6 Å². The number of aromatic amines is 1. The minimum Gasteiger partial charge on any atom is -0.469 e. The Kier molecular flexibility index (Phi) is 4.96. The van der Waals surface area contributed by atoms with Crippen LogP contribution in [0.3, 0.4) is 0 Å². The number of amides is 1. The van der Waals surface area contributed by atoms with Crippen molar-refractivity contribution in [2.75, 3.05) is 0 Å². The molecular formula is C18H19N3O2S. The summed E-state index contributed by atoms with van der Waals surface area (Å²) in [7, 11) is 0. The van der Waals surface area contributed by atoms with E-state index in [1.165, 1.54) is 0 Å². The van der Waals surface area contributed by atoms with Crippen LogP contribution in [0.2, 0.25) is 0 Å². The molecule has 0 saturated carbocycles. The minimum atomic E-state index is -0.154.